The standard InChI is InChI=1S/C30H46N4O7S2Si/c1-12-13-39-29(36)31-15-25-33-27(40-34-25)22(32-20(5)42)17-43-16-21-24(41-44(10,11)30(6,7)18(2)3)14-23(37-8)19(4)26(21)28(35)38-9/h12,14,18,22H,1,13,15-17H2,2-11H3,(H,31,36)(H,32,42). The Morgan fingerprint density at radius 3 is 2.50 bits per heavy atom. The van der Waals surface area contributed by atoms with Gasteiger partial charge in [-0.15, -0.1) is 0 Å². The predicted octanol–water partition coefficient (Wildman–Crippen LogP) is 6.52. The van der Waals surface area contributed by atoms with Crippen molar-refractivity contribution in [2.24, 2.45) is 5.92 Å². The normalized spacial score (nSPS) is 12.3. The number of rotatable bonds is 16. The molecular formula is C30H46N4O7S2Si. The lowest BCUT2D eigenvalue weighted by Crippen LogP contribution is -2.48. The second-order valence-electron chi connectivity index (χ2n) is 11.6. The summed E-state index contributed by atoms with van der Waals surface area (Å²) in [6.07, 6.45) is 0.854. The molecule has 2 N–H and O–H groups in total. The lowest BCUT2D eigenvalue weighted by Gasteiger charge is -2.43. The summed E-state index contributed by atoms with van der Waals surface area (Å²) < 4.78 is 28.2. The number of thiocarbonyl (C=S) groups is 1. The average molecular weight is 667 g/mol. The van der Waals surface area contributed by atoms with Crippen molar-refractivity contribution in [1.29, 1.82) is 0 Å². The van der Waals surface area contributed by atoms with Crippen LogP contribution in [0.15, 0.2) is 23.2 Å². The molecule has 1 atom stereocenters. The number of aromatic nitrogens is 2. The number of nitrogens with one attached hydrogen (secondary N) is 2. The Bertz CT molecular complexity index is 1330. The molecule has 14 heteroatoms. The quantitative estimate of drug-likeness (QED) is 0.0875. The second kappa shape index (κ2) is 16.3. The molecule has 0 aliphatic rings. The zero-order valence-electron chi connectivity index (χ0n) is 27.4. The van der Waals surface area contributed by atoms with E-state index in [9.17, 15) is 9.59 Å². The van der Waals surface area contributed by atoms with E-state index in [2.05, 4.69) is 68.1 Å². The van der Waals surface area contributed by atoms with Crippen LogP contribution in [0.4, 0.5) is 4.79 Å². The molecule has 44 heavy (non-hydrogen) atoms. The third kappa shape index (κ3) is 9.45. The first-order valence-electron chi connectivity index (χ1n) is 14.3. The molecule has 244 valence electrons. The van der Waals surface area contributed by atoms with Gasteiger partial charge in [-0.05, 0) is 37.9 Å². The lowest BCUT2D eigenvalue weighted by molar-refractivity contribution is 0.0598. The largest absolute Gasteiger partial charge is 0.543 e. The number of amides is 1. The Morgan fingerprint density at radius 1 is 1.25 bits per heavy atom. The SMILES string of the molecule is C=CCOC(=O)NCc1noc(C(CSCc2c(O[Si](C)(C)C(C)(C)C(C)C)cc(OC)c(C)c2C(=O)OC)NC(C)=S)n1. The van der Waals surface area contributed by atoms with Gasteiger partial charge in [0.05, 0.1) is 31.3 Å². The second-order valence-corrected chi connectivity index (χ2v) is 17.7. The zero-order chi connectivity index (χ0) is 33.2. The van der Waals surface area contributed by atoms with Crippen LogP contribution in [0.2, 0.25) is 18.1 Å². The minimum Gasteiger partial charge on any atom is -0.543 e. The van der Waals surface area contributed by atoms with E-state index in [1.54, 1.807) is 25.8 Å². The van der Waals surface area contributed by atoms with Crippen LogP contribution in [0.1, 0.15) is 73.9 Å². The molecule has 1 heterocycles. The smallest absolute Gasteiger partial charge is 0.407 e. The summed E-state index contributed by atoms with van der Waals surface area (Å²) in [6, 6.07) is 1.44. The first kappa shape index (κ1) is 37.1. The van der Waals surface area contributed by atoms with Crippen LogP contribution >= 0.6 is 24.0 Å². The van der Waals surface area contributed by atoms with Crippen molar-refractivity contribution in [3.8, 4) is 11.5 Å². The molecule has 2 aromatic rings. The summed E-state index contributed by atoms with van der Waals surface area (Å²) in [5.74, 6) is 2.55. The molecule has 11 nitrogen and oxygen atoms in total. The summed E-state index contributed by atoms with van der Waals surface area (Å²) in [5.41, 5.74) is 1.83. The van der Waals surface area contributed by atoms with E-state index in [1.807, 2.05) is 13.0 Å². The van der Waals surface area contributed by atoms with E-state index in [0.717, 1.165) is 5.56 Å². The summed E-state index contributed by atoms with van der Waals surface area (Å²) in [7, 11) is 0.571. The van der Waals surface area contributed by atoms with Gasteiger partial charge in [0.25, 0.3) is 8.32 Å². The van der Waals surface area contributed by atoms with E-state index in [0.29, 0.717) is 50.9 Å². The minimum absolute atomic E-state index is 0.0244. The number of hydrogen-bond acceptors (Lipinski definition) is 11. The number of ether oxygens (including phenoxy) is 3. The summed E-state index contributed by atoms with van der Waals surface area (Å²) in [5, 5.41) is 9.67. The van der Waals surface area contributed by atoms with E-state index in [1.165, 1.54) is 13.2 Å². The van der Waals surface area contributed by atoms with Gasteiger partial charge in [-0.3, -0.25) is 0 Å². The number of benzene rings is 1. The number of hydrogen-bond donors (Lipinski definition) is 2. The number of carbonyl (C=O) groups excluding carboxylic acids is 2. The molecular weight excluding hydrogens is 621 g/mol. The topological polar surface area (TPSA) is 134 Å². The Morgan fingerprint density at radius 2 is 1.93 bits per heavy atom. The predicted molar refractivity (Wildman–Crippen MR) is 179 cm³/mol. The maximum Gasteiger partial charge on any atom is 0.407 e. The Balaban J connectivity index is 2.40. The van der Waals surface area contributed by atoms with Gasteiger partial charge in [0.2, 0.25) is 5.89 Å². The molecule has 0 bridgehead atoms. The molecule has 1 unspecified atom stereocenters. The molecule has 1 aromatic carbocycles. The molecule has 0 aliphatic carbocycles. The van der Waals surface area contributed by atoms with Gasteiger partial charge in [0.1, 0.15) is 24.1 Å². The Kier molecular flexibility index (Phi) is 13.7. The van der Waals surface area contributed by atoms with Crippen molar-refractivity contribution >= 4 is 49.3 Å². The molecule has 0 aliphatic heterocycles. The first-order valence-corrected chi connectivity index (χ1v) is 18.7. The number of thioether (sulfide) groups is 1. The van der Waals surface area contributed by atoms with Crippen LogP contribution in [0.25, 0.3) is 0 Å². The number of esters is 1. The summed E-state index contributed by atoms with van der Waals surface area (Å²) in [4.78, 5) is 29.9. The molecule has 2 rings (SSSR count). The third-order valence-electron chi connectivity index (χ3n) is 7.99. The van der Waals surface area contributed by atoms with Crippen molar-refractivity contribution in [2.45, 2.75) is 78.0 Å². The number of nitrogens with zero attached hydrogens (tertiary/aromatic N) is 2. The van der Waals surface area contributed by atoms with Crippen molar-refractivity contribution in [1.82, 2.24) is 20.8 Å². The fraction of sp³-hybridized carbons (Fsp3) is 0.567. The number of methoxy groups -OCH3 is 2. The summed E-state index contributed by atoms with van der Waals surface area (Å²) in [6.45, 7) is 20.5. The van der Waals surface area contributed by atoms with Gasteiger partial charge in [0, 0.05) is 28.7 Å². The maximum atomic E-state index is 13.1. The van der Waals surface area contributed by atoms with E-state index >= 15 is 0 Å². The highest BCUT2D eigenvalue weighted by molar-refractivity contribution is 7.98. The van der Waals surface area contributed by atoms with E-state index in [-0.39, 0.29) is 24.0 Å². The molecule has 1 aromatic heterocycles. The minimum atomic E-state index is -2.37. The van der Waals surface area contributed by atoms with Crippen LogP contribution < -0.4 is 19.8 Å². The maximum absolute atomic E-state index is 13.1. The Labute approximate surface area is 271 Å². The molecule has 0 saturated heterocycles. The fourth-order valence-electron chi connectivity index (χ4n) is 4.23. The van der Waals surface area contributed by atoms with Gasteiger partial charge >= 0.3 is 12.1 Å². The molecule has 0 spiro atoms. The van der Waals surface area contributed by atoms with Crippen molar-refractivity contribution < 1.29 is 32.7 Å². The molecule has 0 radical (unpaired) electrons. The molecule has 0 fully saturated rings. The Hall–Kier alpha value is -3.10. The monoisotopic (exact) mass is 666 g/mol. The van der Waals surface area contributed by atoms with Gasteiger partial charge < -0.3 is 33.8 Å². The van der Waals surface area contributed by atoms with Gasteiger partial charge in [-0.25, -0.2) is 9.59 Å². The van der Waals surface area contributed by atoms with Crippen LogP contribution in [0, 0.1) is 12.8 Å². The highest BCUT2D eigenvalue weighted by atomic mass is 32.2. The number of alkyl carbamates (subject to hydrolysis) is 1. The van der Waals surface area contributed by atoms with Crippen LogP contribution in [0.5, 0.6) is 11.5 Å². The van der Waals surface area contributed by atoms with Crippen molar-refractivity contribution in [3.05, 3.63) is 47.1 Å². The highest BCUT2D eigenvalue weighted by Gasteiger charge is 2.45. The first-order chi connectivity index (χ1) is 20.6. The van der Waals surface area contributed by atoms with Crippen LogP contribution in [-0.4, -0.2) is 62.1 Å². The average Bonchev–Trinajstić information content (AvgIpc) is 3.43. The fourth-order valence-corrected chi connectivity index (χ4v) is 7.83. The van der Waals surface area contributed by atoms with Crippen molar-refractivity contribution in [3.63, 3.8) is 0 Å². The summed E-state index contributed by atoms with van der Waals surface area (Å²) >= 11 is 6.86. The van der Waals surface area contributed by atoms with Gasteiger partial charge in [-0.2, -0.15) is 16.7 Å². The molecule has 1 amide bonds. The third-order valence-corrected chi connectivity index (χ3v) is 13.6. The van der Waals surface area contributed by atoms with Crippen molar-refractivity contribution in [2.75, 3.05) is 26.6 Å². The van der Waals surface area contributed by atoms with Gasteiger partial charge in [0.15, 0.2) is 5.82 Å². The van der Waals surface area contributed by atoms with Gasteiger partial charge in [-0.1, -0.05) is 57.7 Å². The highest BCUT2D eigenvalue weighted by Crippen LogP contribution is 2.47. The van der Waals surface area contributed by atoms with Crippen LogP contribution in [0.3, 0.4) is 0 Å². The van der Waals surface area contributed by atoms with E-state index < -0.39 is 26.4 Å². The zero-order valence-corrected chi connectivity index (χ0v) is 30.0. The lowest BCUT2D eigenvalue weighted by atomic mass is 9.99. The van der Waals surface area contributed by atoms with E-state index in [4.69, 9.17) is 35.4 Å². The molecule has 0 saturated carbocycles. The van der Waals surface area contributed by atoms with Crippen LogP contribution in [-0.2, 0) is 21.8 Å². The number of carbonyl (C=O) groups is 2.